The first-order chi connectivity index (χ1) is 11.1. The summed E-state index contributed by atoms with van der Waals surface area (Å²) in [5.74, 6) is 1.72. The Hall–Kier alpha value is -1.95. The minimum atomic E-state index is 0.00233. The van der Waals surface area contributed by atoms with E-state index in [0.29, 0.717) is 10.9 Å². The van der Waals surface area contributed by atoms with Crippen molar-refractivity contribution < 1.29 is 9.53 Å². The Morgan fingerprint density at radius 3 is 2.96 bits per heavy atom. The maximum absolute atomic E-state index is 12.6. The number of carbonyl (C=O) groups is 1. The molecule has 0 aliphatic carbocycles. The second kappa shape index (κ2) is 6.66. The van der Waals surface area contributed by atoms with Gasteiger partial charge in [-0.15, -0.1) is 0 Å². The van der Waals surface area contributed by atoms with E-state index in [9.17, 15) is 4.79 Å². The molecule has 1 aromatic heterocycles. The van der Waals surface area contributed by atoms with Gasteiger partial charge in [0, 0.05) is 30.3 Å². The molecule has 0 unspecified atom stereocenters. The quantitative estimate of drug-likeness (QED) is 0.868. The molecule has 23 heavy (non-hydrogen) atoms. The van der Waals surface area contributed by atoms with Crippen molar-refractivity contribution in [2.45, 2.75) is 19.1 Å². The van der Waals surface area contributed by atoms with E-state index < -0.39 is 0 Å². The molecule has 122 valence electrons. The number of thioether (sulfide) groups is 1. The number of benzene rings is 1. The molecular weight excluding hydrogens is 310 g/mol. The number of amides is 1. The summed E-state index contributed by atoms with van der Waals surface area (Å²) in [6.07, 6.45) is 1.81. The van der Waals surface area contributed by atoms with Crippen LogP contribution in [0.3, 0.4) is 0 Å². The molecule has 0 N–H and O–H groups in total. The molecule has 0 radical (unpaired) electrons. The van der Waals surface area contributed by atoms with Crippen LogP contribution in [0, 0.1) is 6.92 Å². The van der Waals surface area contributed by atoms with Crippen molar-refractivity contribution in [3.8, 4) is 11.4 Å². The SMILES string of the molecule is COc1ccc(C)cc1-n1ccc(C(=O)N2CCS[C@@H](C)C2)n1. The molecule has 6 heteroatoms. The van der Waals surface area contributed by atoms with Crippen LogP contribution < -0.4 is 4.74 Å². The third kappa shape index (κ3) is 3.37. The van der Waals surface area contributed by atoms with Crippen molar-refractivity contribution in [2.75, 3.05) is 26.0 Å². The van der Waals surface area contributed by atoms with E-state index in [4.69, 9.17) is 4.74 Å². The zero-order valence-electron chi connectivity index (χ0n) is 13.7. The van der Waals surface area contributed by atoms with Gasteiger partial charge in [-0.1, -0.05) is 13.0 Å². The number of carbonyl (C=O) groups excluding carboxylic acids is 1. The zero-order valence-corrected chi connectivity index (χ0v) is 14.5. The van der Waals surface area contributed by atoms with Crippen LogP contribution in [0.2, 0.25) is 0 Å². The van der Waals surface area contributed by atoms with Crippen LogP contribution in [0.5, 0.6) is 5.75 Å². The highest BCUT2D eigenvalue weighted by atomic mass is 32.2. The fraction of sp³-hybridized carbons (Fsp3) is 0.412. The van der Waals surface area contributed by atoms with Gasteiger partial charge < -0.3 is 9.64 Å². The highest BCUT2D eigenvalue weighted by Gasteiger charge is 2.24. The van der Waals surface area contributed by atoms with E-state index in [1.165, 1.54) is 0 Å². The standard InChI is InChI=1S/C17H21N3O2S/c1-12-4-5-16(22-3)15(10-12)20-7-6-14(18-20)17(21)19-8-9-23-13(2)11-19/h4-7,10,13H,8-9,11H2,1-3H3/t13-/m0/s1. The van der Waals surface area contributed by atoms with E-state index in [1.807, 2.05) is 48.0 Å². The summed E-state index contributed by atoms with van der Waals surface area (Å²) in [5.41, 5.74) is 2.44. The van der Waals surface area contributed by atoms with Gasteiger partial charge in [-0.3, -0.25) is 4.79 Å². The number of nitrogens with zero attached hydrogens (tertiary/aromatic N) is 3. The van der Waals surface area contributed by atoms with Crippen molar-refractivity contribution in [2.24, 2.45) is 0 Å². The maximum atomic E-state index is 12.6. The largest absolute Gasteiger partial charge is 0.494 e. The lowest BCUT2D eigenvalue weighted by molar-refractivity contribution is 0.0756. The van der Waals surface area contributed by atoms with Crippen molar-refractivity contribution in [3.63, 3.8) is 0 Å². The molecule has 0 bridgehead atoms. The van der Waals surface area contributed by atoms with Gasteiger partial charge in [0.1, 0.15) is 11.4 Å². The predicted molar refractivity (Wildman–Crippen MR) is 92.7 cm³/mol. The molecule has 1 fully saturated rings. The molecule has 2 aromatic rings. The number of aryl methyl sites for hydroxylation is 1. The first-order valence-electron chi connectivity index (χ1n) is 7.70. The van der Waals surface area contributed by atoms with E-state index in [2.05, 4.69) is 12.0 Å². The summed E-state index contributed by atoms with van der Waals surface area (Å²) in [4.78, 5) is 14.5. The smallest absolute Gasteiger partial charge is 0.274 e. The Bertz CT molecular complexity index is 714. The van der Waals surface area contributed by atoms with Crippen LogP contribution >= 0.6 is 11.8 Å². The molecule has 1 aromatic carbocycles. The zero-order chi connectivity index (χ0) is 16.4. The molecule has 0 saturated carbocycles. The van der Waals surface area contributed by atoms with Gasteiger partial charge in [-0.25, -0.2) is 4.68 Å². The summed E-state index contributed by atoms with van der Waals surface area (Å²) < 4.78 is 7.11. The molecule has 1 aliphatic heterocycles. The minimum Gasteiger partial charge on any atom is -0.494 e. The highest BCUT2D eigenvalue weighted by Crippen LogP contribution is 2.24. The van der Waals surface area contributed by atoms with Crippen molar-refractivity contribution in [1.82, 2.24) is 14.7 Å². The molecule has 1 atom stereocenters. The summed E-state index contributed by atoms with van der Waals surface area (Å²) in [6.45, 7) is 5.74. The lowest BCUT2D eigenvalue weighted by Gasteiger charge is -2.29. The van der Waals surface area contributed by atoms with Gasteiger partial charge in [0.2, 0.25) is 0 Å². The number of rotatable bonds is 3. The van der Waals surface area contributed by atoms with Crippen LogP contribution in [0.4, 0.5) is 0 Å². The Morgan fingerprint density at radius 1 is 1.39 bits per heavy atom. The Morgan fingerprint density at radius 2 is 2.22 bits per heavy atom. The lowest BCUT2D eigenvalue weighted by atomic mass is 10.2. The normalized spacial score (nSPS) is 18.0. The van der Waals surface area contributed by atoms with Crippen LogP contribution in [0.1, 0.15) is 23.0 Å². The summed E-state index contributed by atoms with van der Waals surface area (Å²) >= 11 is 1.91. The van der Waals surface area contributed by atoms with Crippen molar-refractivity contribution >= 4 is 17.7 Å². The fourth-order valence-corrected chi connectivity index (χ4v) is 3.73. The average molecular weight is 331 g/mol. The van der Waals surface area contributed by atoms with E-state index in [1.54, 1.807) is 17.9 Å². The molecule has 3 rings (SSSR count). The number of hydrogen-bond acceptors (Lipinski definition) is 4. The topological polar surface area (TPSA) is 47.4 Å². The average Bonchev–Trinajstić information content (AvgIpc) is 3.04. The van der Waals surface area contributed by atoms with Gasteiger partial charge in [0.25, 0.3) is 5.91 Å². The third-order valence-electron chi connectivity index (χ3n) is 3.92. The second-order valence-electron chi connectivity index (χ2n) is 5.75. The van der Waals surface area contributed by atoms with Gasteiger partial charge in [-0.05, 0) is 30.7 Å². The van der Waals surface area contributed by atoms with Crippen LogP contribution in [0.15, 0.2) is 30.5 Å². The molecule has 1 amide bonds. The maximum Gasteiger partial charge on any atom is 0.274 e. The Kier molecular flexibility index (Phi) is 4.61. The number of aromatic nitrogens is 2. The van der Waals surface area contributed by atoms with Gasteiger partial charge in [0.05, 0.1) is 7.11 Å². The van der Waals surface area contributed by atoms with Crippen molar-refractivity contribution in [1.29, 1.82) is 0 Å². The predicted octanol–water partition coefficient (Wildman–Crippen LogP) is 2.77. The summed E-state index contributed by atoms with van der Waals surface area (Å²) in [7, 11) is 1.64. The Labute approximate surface area is 140 Å². The number of ether oxygens (including phenoxy) is 1. The van der Waals surface area contributed by atoms with Gasteiger partial charge in [-0.2, -0.15) is 16.9 Å². The van der Waals surface area contributed by atoms with Crippen LogP contribution in [0.25, 0.3) is 5.69 Å². The minimum absolute atomic E-state index is 0.00233. The first kappa shape index (κ1) is 15.9. The molecule has 5 nitrogen and oxygen atoms in total. The molecular formula is C17H21N3O2S. The number of hydrogen-bond donors (Lipinski definition) is 0. The van der Waals surface area contributed by atoms with Crippen molar-refractivity contribution in [3.05, 3.63) is 41.7 Å². The molecule has 1 saturated heterocycles. The lowest BCUT2D eigenvalue weighted by Crippen LogP contribution is -2.41. The second-order valence-corrected chi connectivity index (χ2v) is 7.30. The van der Waals surface area contributed by atoms with E-state index >= 15 is 0 Å². The van der Waals surface area contributed by atoms with Crippen LogP contribution in [-0.4, -0.2) is 51.8 Å². The van der Waals surface area contributed by atoms with Gasteiger partial charge >= 0.3 is 0 Å². The van der Waals surface area contributed by atoms with E-state index in [-0.39, 0.29) is 5.91 Å². The Balaban J connectivity index is 1.86. The molecule has 1 aliphatic rings. The van der Waals surface area contributed by atoms with E-state index in [0.717, 1.165) is 35.8 Å². The highest BCUT2D eigenvalue weighted by molar-refractivity contribution is 7.99. The summed E-state index contributed by atoms with van der Waals surface area (Å²) in [6, 6.07) is 7.68. The third-order valence-corrected chi connectivity index (χ3v) is 5.05. The van der Waals surface area contributed by atoms with Gasteiger partial charge in [0.15, 0.2) is 5.69 Å². The van der Waals surface area contributed by atoms with Crippen LogP contribution in [-0.2, 0) is 0 Å². The first-order valence-corrected chi connectivity index (χ1v) is 8.75. The molecule has 2 heterocycles. The molecule has 0 spiro atoms. The monoisotopic (exact) mass is 331 g/mol. The summed E-state index contributed by atoms with van der Waals surface area (Å²) in [5, 5.41) is 4.95. The number of methoxy groups -OCH3 is 1. The fourth-order valence-electron chi connectivity index (χ4n) is 2.72.